The molecule has 4 nitrogen and oxygen atoms in total. The summed E-state index contributed by atoms with van der Waals surface area (Å²) in [6.45, 7) is 3.86. The predicted octanol–water partition coefficient (Wildman–Crippen LogP) is 3.03. The number of aryl methyl sites for hydroxylation is 1. The molecule has 2 rings (SSSR count). The highest BCUT2D eigenvalue weighted by Gasteiger charge is 2.13. The van der Waals surface area contributed by atoms with Crippen molar-refractivity contribution in [2.75, 3.05) is 0 Å². The lowest BCUT2D eigenvalue weighted by atomic mass is 10.2. The first-order chi connectivity index (χ1) is 7.58. The summed E-state index contributed by atoms with van der Waals surface area (Å²) in [6.07, 6.45) is 0. The Morgan fingerprint density at radius 1 is 1.38 bits per heavy atom. The number of aromatic nitrogens is 4. The lowest BCUT2D eigenvalue weighted by Crippen LogP contribution is -2.04. The second-order valence-corrected chi connectivity index (χ2v) is 5.12. The van der Waals surface area contributed by atoms with Gasteiger partial charge in [-0.3, -0.25) is 0 Å². The Morgan fingerprint density at radius 2 is 2.12 bits per heavy atom. The van der Waals surface area contributed by atoms with E-state index >= 15 is 0 Å². The van der Waals surface area contributed by atoms with Crippen LogP contribution in [0, 0.1) is 6.92 Å². The topological polar surface area (TPSA) is 43.6 Å². The number of hydrogen-bond donors (Lipinski definition) is 0. The molecule has 0 aliphatic carbocycles. The molecule has 6 heteroatoms. The van der Waals surface area contributed by atoms with E-state index < -0.39 is 0 Å². The van der Waals surface area contributed by atoms with Gasteiger partial charge in [0, 0.05) is 4.47 Å². The fraction of sp³-hybridized carbons (Fsp3) is 0.300. The Labute approximate surface area is 107 Å². The van der Waals surface area contributed by atoms with Gasteiger partial charge in [0.05, 0.1) is 11.1 Å². The van der Waals surface area contributed by atoms with E-state index in [-0.39, 0.29) is 5.38 Å². The summed E-state index contributed by atoms with van der Waals surface area (Å²) in [6, 6.07) is 5.98. The van der Waals surface area contributed by atoms with E-state index in [1.54, 1.807) is 4.68 Å². The van der Waals surface area contributed by atoms with Gasteiger partial charge in [0.1, 0.15) is 0 Å². The third-order valence-corrected chi connectivity index (χ3v) is 2.77. The molecule has 0 fully saturated rings. The minimum atomic E-state index is -0.228. The van der Waals surface area contributed by atoms with E-state index in [1.807, 2.05) is 32.0 Å². The van der Waals surface area contributed by atoms with Crippen molar-refractivity contribution >= 4 is 27.5 Å². The highest BCUT2D eigenvalue weighted by molar-refractivity contribution is 9.10. The van der Waals surface area contributed by atoms with Gasteiger partial charge in [-0.2, -0.15) is 4.68 Å². The van der Waals surface area contributed by atoms with Crippen molar-refractivity contribution in [2.24, 2.45) is 0 Å². The molecule has 0 aliphatic heterocycles. The fourth-order valence-electron chi connectivity index (χ4n) is 1.47. The molecule has 84 valence electrons. The van der Waals surface area contributed by atoms with Crippen molar-refractivity contribution in [1.82, 2.24) is 20.2 Å². The van der Waals surface area contributed by atoms with Gasteiger partial charge >= 0.3 is 0 Å². The van der Waals surface area contributed by atoms with Crippen LogP contribution in [0.25, 0.3) is 5.69 Å². The van der Waals surface area contributed by atoms with Crippen LogP contribution in [-0.2, 0) is 0 Å². The Bertz CT molecular complexity index is 489. The van der Waals surface area contributed by atoms with Crippen LogP contribution in [0.3, 0.4) is 0 Å². The van der Waals surface area contributed by atoms with Gasteiger partial charge in [0.2, 0.25) is 0 Å². The zero-order valence-electron chi connectivity index (χ0n) is 8.85. The SMILES string of the molecule is Cc1cc(Br)cc(-n2nnnc2C(C)Cl)c1. The molecule has 0 saturated heterocycles. The summed E-state index contributed by atoms with van der Waals surface area (Å²) in [4.78, 5) is 0. The molecule has 1 aromatic carbocycles. The number of rotatable bonds is 2. The second-order valence-electron chi connectivity index (χ2n) is 3.55. The summed E-state index contributed by atoms with van der Waals surface area (Å²) in [5.41, 5.74) is 2.03. The van der Waals surface area contributed by atoms with E-state index in [0.29, 0.717) is 5.82 Å². The molecule has 1 atom stereocenters. The smallest absolute Gasteiger partial charge is 0.174 e. The number of halogens is 2. The largest absolute Gasteiger partial charge is 0.196 e. The first-order valence-corrected chi connectivity index (χ1v) is 6.01. The van der Waals surface area contributed by atoms with Gasteiger partial charge in [-0.15, -0.1) is 16.7 Å². The van der Waals surface area contributed by atoms with Crippen LogP contribution in [0.4, 0.5) is 0 Å². The molecular weight excluding hydrogens is 291 g/mol. The lowest BCUT2D eigenvalue weighted by Gasteiger charge is -2.07. The molecule has 1 heterocycles. The minimum Gasteiger partial charge on any atom is -0.196 e. The third-order valence-electron chi connectivity index (χ3n) is 2.12. The van der Waals surface area contributed by atoms with Crippen LogP contribution in [-0.4, -0.2) is 20.2 Å². The highest BCUT2D eigenvalue weighted by Crippen LogP contribution is 2.22. The summed E-state index contributed by atoms with van der Waals surface area (Å²) >= 11 is 9.45. The van der Waals surface area contributed by atoms with Crippen LogP contribution in [0.5, 0.6) is 0 Å². The third kappa shape index (κ3) is 2.25. The highest BCUT2D eigenvalue weighted by atomic mass is 79.9. The van der Waals surface area contributed by atoms with E-state index in [0.717, 1.165) is 15.7 Å². The Balaban J connectivity index is 2.54. The average Bonchev–Trinajstić information content (AvgIpc) is 2.63. The van der Waals surface area contributed by atoms with Crippen LogP contribution < -0.4 is 0 Å². The number of hydrogen-bond acceptors (Lipinski definition) is 3. The van der Waals surface area contributed by atoms with Crippen LogP contribution in [0.15, 0.2) is 22.7 Å². The van der Waals surface area contributed by atoms with Gasteiger partial charge in [-0.25, -0.2) is 0 Å². The van der Waals surface area contributed by atoms with E-state index in [2.05, 4.69) is 31.5 Å². The van der Waals surface area contributed by atoms with E-state index in [9.17, 15) is 0 Å². The summed E-state index contributed by atoms with van der Waals surface area (Å²) in [5.74, 6) is 0.638. The zero-order valence-corrected chi connectivity index (χ0v) is 11.2. The quantitative estimate of drug-likeness (QED) is 0.801. The van der Waals surface area contributed by atoms with Gasteiger partial charge in [-0.05, 0) is 48.0 Å². The van der Waals surface area contributed by atoms with E-state index in [1.165, 1.54) is 0 Å². The van der Waals surface area contributed by atoms with Gasteiger partial charge in [0.15, 0.2) is 5.82 Å². The monoisotopic (exact) mass is 300 g/mol. The van der Waals surface area contributed by atoms with Crippen molar-refractivity contribution in [2.45, 2.75) is 19.2 Å². The molecule has 0 saturated carbocycles. The standard InChI is InChI=1S/C10H10BrClN4/c1-6-3-8(11)5-9(4-6)16-10(7(2)12)13-14-15-16/h3-5,7H,1-2H3. The summed E-state index contributed by atoms with van der Waals surface area (Å²) < 4.78 is 2.64. The van der Waals surface area contributed by atoms with Crippen LogP contribution >= 0.6 is 27.5 Å². The maximum Gasteiger partial charge on any atom is 0.174 e. The normalized spacial score (nSPS) is 12.8. The molecule has 16 heavy (non-hydrogen) atoms. The molecular formula is C10H10BrClN4. The summed E-state index contributed by atoms with van der Waals surface area (Å²) in [5, 5.41) is 11.3. The molecule has 0 radical (unpaired) electrons. The average molecular weight is 302 g/mol. The molecule has 1 unspecified atom stereocenters. The Kier molecular flexibility index (Phi) is 3.25. The van der Waals surface area contributed by atoms with Crippen molar-refractivity contribution in [1.29, 1.82) is 0 Å². The molecule has 0 spiro atoms. The minimum absolute atomic E-state index is 0.228. The molecule has 0 aliphatic rings. The maximum atomic E-state index is 6.00. The van der Waals surface area contributed by atoms with Gasteiger partial charge < -0.3 is 0 Å². The first-order valence-electron chi connectivity index (χ1n) is 4.78. The van der Waals surface area contributed by atoms with Crippen molar-refractivity contribution in [3.05, 3.63) is 34.1 Å². The number of tetrazole rings is 1. The summed E-state index contributed by atoms with van der Waals surface area (Å²) in [7, 11) is 0. The van der Waals surface area contributed by atoms with Gasteiger partial charge in [0.25, 0.3) is 0 Å². The molecule has 0 amide bonds. The first kappa shape index (κ1) is 11.5. The van der Waals surface area contributed by atoms with Crippen molar-refractivity contribution in [3.63, 3.8) is 0 Å². The van der Waals surface area contributed by atoms with Crippen LogP contribution in [0.1, 0.15) is 23.7 Å². The lowest BCUT2D eigenvalue weighted by molar-refractivity contribution is 0.760. The fourth-order valence-corrected chi connectivity index (χ4v) is 2.20. The number of benzene rings is 1. The molecule has 1 aromatic heterocycles. The Hall–Kier alpha value is -0.940. The maximum absolute atomic E-state index is 6.00. The van der Waals surface area contributed by atoms with E-state index in [4.69, 9.17) is 11.6 Å². The van der Waals surface area contributed by atoms with Gasteiger partial charge in [-0.1, -0.05) is 15.9 Å². The number of alkyl halides is 1. The molecule has 2 aromatic rings. The zero-order chi connectivity index (χ0) is 11.7. The molecule has 0 N–H and O–H groups in total. The van der Waals surface area contributed by atoms with Crippen molar-refractivity contribution in [3.8, 4) is 5.69 Å². The Morgan fingerprint density at radius 3 is 2.75 bits per heavy atom. The van der Waals surface area contributed by atoms with Crippen LogP contribution in [0.2, 0.25) is 0 Å². The number of nitrogens with zero attached hydrogens (tertiary/aromatic N) is 4. The van der Waals surface area contributed by atoms with Crippen molar-refractivity contribution < 1.29 is 0 Å². The second kappa shape index (κ2) is 4.51. The predicted molar refractivity (Wildman–Crippen MR) is 65.9 cm³/mol. The molecule has 0 bridgehead atoms.